The fourth-order valence-electron chi connectivity index (χ4n) is 2.61. The maximum Gasteiger partial charge on any atom is 0.280 e. The largest absolute Gasteiger partial charge is 0.316 e. The van der Waals surface area contributed by atoms with Crippen molar-refractivity contribution in [1.82, 2.24) is 4.57 Å². The van der Waals surface area contributed by atoms with E-state index < -0.39 is 32.9 Å². The summed E-state index contributed by atoms with van der Waals surface area (Å²) in [5.41, 5.74) is -0.731. The maximum atomic E-state index is 13.6. The first kappa shape index (κ1) is 20.6. The first-order valence-corrected chi connectivity index (χ1v) is 10.3. The molecule has 0 spiro atoms. The smallest absolute Gasteiger partial charge is 0.280 e. The predicted molar refractivity (Wildman–Crippen MR) is 108 cm³/mol. The summed E-state index contributed by atoms with van der Waals surface area (Å²) in [6.45, 7) is 0.508. The number of aryl methyl sites for hydroxylation is 1. The van der Waals surface area contributed by atoms with Crippen LogP contribution in [0.4, 0.5) is 15.8 Å². The molecule has 3 rings (SSSR count). The summed E-state index contributed by atoms with van der Waals surface area (Å²) < 4.78 is 15.9. The lowest BCUT2D eigenvalue weighted by atomic mass is 10.1. The van der Waals surface area contributed by atoms with Crippen molar-refractivity contribution in [3.05, 3.63) is 72.8 Å². The molecule has 1 heterocycles. The summed E-state index contributed by atoms with van der Waals surface area (Å²) in [6.07, 6.45) is 1.92. The van der Waals surface area contributed by atoms with Crippen LogP contribution < -0.4 is 4.80 Å². The Morgan fingerprint density at radius 1 is 1.17 bits per heavy atom. The molecule has 3 aromatic rings. The molecule has 9 nitrogen and oxygen atoms in total. The maximum absolute atomic E-state index is 13.6. The molecule has 0 aliphatic heterocycles. The molecule has 0 N–H and O–H groups in total. The zero-order chi connectivity index (χ0) is 21.1. The third-order valence-corrected chi connectivity index (χ3v) is 5.56. The number of hydrogen-bond donors (Lipinski definition) is 0. The van der Waals surface area contributed by atoms with Crippen LogP contribution >= 0.6 is 23.1 Å². The van der Waals surface area contributed by atoms with E-state index in [2.05, 4.69) is 4.99 Å². The Hall–Kier alpha value is -3.12. The summed E-state index contributed by atoms with van der Waals surface area (Å²) in [7, 11) is 0. The highest BCUT2D eigenvalue weighted by Crippen LogP contribution is 2.24. The van der Waals surface area contributed by atoms with Crippen molar-refractivity contribution in [1.29, 1.82) is 0 Å². The van der Waals surface area contributed by atoms with Gasteiger partial charge >= 0.3 is 0 Å². The number of nitrogens with zero attached hydrogens (tertiary/aromatic N) is 4. The molecular weight excluding hydrogens is 423 g/mol. The van der Waals surface area contributed by atoms with Crippen LogP contribution in [0.3, 0.4) is 0 Å². The van der Waals surface area contributed by atoms with Gasteiger partial charge < -0.3 is 4.57 Å². The average Bonchev–Trinajstić information content (AvgIpc) is 3.01. The van der Waals surface area contributed by atoms with E-state index in [1.54, 1.807) is 22.4 Å². The fraction of sp³-hybridized carbons (Fsp3) is 0.176. The van der Waals surface area contributed by atoms with Crippen molar-refractivity contribution in [2.24, 2.45) is 4.99 Å². The summed E-state index contributed by atoms with van der Waals surface area (Å²) in [5.74, 6) is -0.572. The van der Waals surface area contributed by atoms with E-state index >= 15 is 0 Å². The zero-order valence-corrected chi connectivity index (χ0v) is 16.5. The molecule has 12 heteroatoms. The SMILES string of the molecule is CSCCn1c(=NC(=O)c2cc([N+](=O)[O-])cc([N+](=O)[O-])c2)sc2cc(F)ccc21. The molecule has 0 atom stereocenters. The van der Waals surface area contributed by atoms with Crippen LogP contribution in [0.15, 0.2) is 41.4 Å². The Bertz CT molecular complexity index is 1170. The second-order valence-corrected chi connectivity index (χ2v) is 7.81. The number of benzene rings is 2. The molecule has 150 valence electrons. The number of nitro groups is 2. The monoisotopic (exact) mass is 436 g/mol. The van der Waals surface area contributed by atoms with Gasteiger partial charge in [-0.05, 0) is 24.5 Å². The third-order valence-electron chi connectivity index (χ3n) is 3.93. The number of non-ortho nitro benzene ring substituents is 2. The molecule has 0 bridgehead atoms. The van der Waals surface area contributed by atoms with Gasteiger partial charge in [0.05, 0.1) is 31.7 Å². The van der Waals surface area contributed by atoms with Crippen LogP contribution in [-0.2, 0) is 6.54 Å². The van der Waals surface area contributed by atoms with E-state index in [-0.39, 0.29) is 10.4 Å². The van der Waals surface area contributed by atoms with E-state index in [1.807, 2.05) is 6.26 Å². The molecule has 0 radical (unpaired) electrons. The molecule has 0 fully saturated rings. The van der Waals surface area contributed by atoms with Crippen molar-refractivity contribution >= 4 is 50.6 Å². The molecule has 0 saturated heterocycles. The van der Waals surface area contributed by atoms with Gasteiger partial charge in [-0.3, -0.25) is 25.0 Å². The predicted octanol–water partition coefficient (Wildman–Crippen LogP) is 3.76. The van der Waals surface area contributed by atoms with Crippen LogP contribution in [-0.4, -0.2) is 32.3 Å². The summed E-state index contributed by atoms with van der Waals surface area (Å²) >= 11 is 2.67. The number of aromatic nitrogens is 1. The lowest BCUT2D eigenvalue weighted by Gasteiger charge is -2.03. The molecule has 0 unspecified atom stereocenters. The topological polar surface area (TPSA) is 121 Å². The standard InChI is InChI=1S/C17H13FN4O5S2/c1-28-5-4-20-14-3-2-11(18)8-15(14)29-17(20)19-16(23)10-6-12(21(24)25)9-13(7-10)22(26)27/h2-3,6-9H,4-5H2,1H3. The second-order valence-electron chi connectivity index (χ2n) is 5.81. The lowest BCUT2D eigenvalue weighted by molar-refractivity contribution is -0.394. The van der Waals surface area contributed by atoms with E-state index in [0.717, 1.165) is 29.5 Å². The molecule has 0 saturated carbocycles. The van der Waals surface area contributed by atoms with Crippen LogP contribution in [0, 0.1) is 26.0 Å². The molecule has 2 aromatic carbocycles. The number of thiazole rings is 1. The quantitative estimate of drug-likeness (QED) is 0.428. The number of nitro benzene ring substituents is 2. The van der Waals surface area contributed by atoms with Gasteiger partial charge in [0.25, 0.3) is 17.3 Å². The first-order valence-electron chi connectivity index (χ1n) is 8.11. The minimum atomic E-state index is -0.860. The number of amides is 1. The van der Waals surface area contributed by atoms with Crippen LogP contribution in [0.25, 0.3) is 10.2 Å². The van der Waals surface area contributed by atoms with Crippen molar-refractivity contribution in [2.45, 2.75) is 6.54 Å². The van der Waals surface area contributed by atoms with Gasteiger partial charge in [0, 0.05) is 24.4 Å². The average molecular weight is 436 g/mol. The highest BCUT2D eigenvalue weighted by Gasteiger charge is 2.20. The molecule has 1 amide bonds. The van der Waals surface area contributed by atoms with E-state index in [0.29, 0.717) is 22.5 Å². The minimum absolute atomic E-state index is 0.272. The van der Waals surface area contributed by atoms with Crippen molar-refractivity contribution in [3.63, 3.8) is 0 Å². The van der Waals surface area contributed by atoms with E-state index in [9.17, 15) is 29.4 Å². The molecule has 0 aliphatic rings. The first-order chi connectivity index (χ1) is 13.8. The lowest BCUT2D eigenvalue weighted by Crippen LogP contribution is -2.18. The van der Waals surface area contributed by atoms with Crippen LogP contribution in [0.1, 0.15) is 10.4 Å². The highest BCUT2D eigenvalue weighted by atomic mass is 32.2. The van der Waals surface area contributed by atoms with Crippen molar-refractivity contribution in [2.75, 3.05) is 12.0 Å². The fourth-order valence-corrected chi connectivity index (χ4v) is 4.06. The van der Waals surface area contributed by atoms with Gasteiger partial charge in [-0.2, -0.15) is 16.8 Å². The zero-order valence-electron chi connectivity index (χ0n) is 14.9. The van der Waals surface area contributed by atoms with Gasteiger partial charge in [-0.1, -0.05) is 11.3 Å². The molecular formula is C17H13FN4O5S2. The number of carbonyl (C=O) groups excluding carboxylic acids is 1. The summed E-state index contributed by atoms with van der Waals surface area (Å²) in [6, 6.07) is 6.88. The van der Waals surface area contributed by atoms with Crippen molar-refractivity contribution < 1.29 is 19.0 Å². The Labute approximate surface area is 170 Å². The van der Waals surface area contributed by atoms with Crippen LogP contribution in [0.5, 0.6) is 0 Å². The van der Waals surface area contributed by atoms with Crippen molar-refractivity contribution in [3.8, 4) is 0 Å². The van der Waals surface area contributed by atoms with E-state index in [1.165, 1.54) is 12.1 Å². The van der Waals surface area contributed by atoms with E-state index in [4.69, 9.17) is 0 Å². The van der Waals surface area contributed by atoms with Gasteiger partial charge in [0.2, 0.25) is 0 Å². The minimum Gasteiger partial charge on any atom is -0.316 e. The van der Waals surface area contributed by atoms with Gasteiger partial charge in [-0.15, -0.1) is 0 Å². The highest BCUT2D eigenvalue weighted by molar-refractivity contribution is 7.98. The number of fused-ring (bicyclic) bond motifs is 1. The van der Waals surface area contributed by atoms with Gasteiger partial charge in [-0.25, -0.2) is 4.39 Å². The summed E-state index contributed by atoms with van der Waals surface area (Å²) in [4.78, 5) is 37.4. The normalized spacial score (nSPS) is 11.7. The third kappa shape index (κ3) is 4.49. The molecule has 1 aromatic heterocycles. The number of carbonyl (C=O) groups is 1. The summed E-state index contributed by atoms with van der Waals surface area (Å²) in [5, 5.41) is 22.1. The molecule has 29 heavy (non-hydrogen) atoms. The second kappa shape index (κ2) is 8.49. The molecule has 0 aliphatic carbocycles. The number of hydrogen-bond acceptors (Lipinski definition) is 7. The Balaban J connectivity index is 2.14. The Kier molecular flexibility index (Phi) is 6.03. The van der Waals surface area contributed by atoms with Gasteiger partial charge in [0.15, 0.2) is 4.80 Å². The number of halogens is 1. The van der Waals surface area contributed by atoms with Gasteiger partial charge in [0.1, 0.15) is 5.82 Å². The number of thioether (sulfide) groups is 1. The Morgan fingerprint density at radius 2 is 1.83 bits per heavy atom. The Morgan fingerprint density at radius 3 is 2.41 bits per heavy atom. The number of rotatable bonds is 6. The van der Waals surface area contributed by atoms with Crippen LogP contribution in [0.2, 0.25) is 0 Å².